The summed E-state index contributed by atoms with van der Waals surface area (Å²) in [5, 5.41) is 7.11. The fraction of sp³-hybridized carbons (Fsp3) is 0.533. The third kappa shape index (κ3) is 2.10. The Morgan fingerprint density at radius 1 is 1.37 bits per heavy atom. The predicted molar refractivity (Wildman–Crippen MR) is 78.7 cm³/mol. The van der Waals surface area contributed by atoms with Gasteiger partial charge in [-0.25, -0.2) is 0 Å². The number of carbonyl (C=O) groups is 1. The number of amides is 1. The summed E-state index contributed by atoms with van der Waals surface area (Å²) >= 11 is 6.23. The molecule has 2 N–H and O–H groups in total. The van der Waals surface area contributed by atoms with Gasteiger partial charge in [0, 0.05) is 0 Å². The van der Waals surface area contributed by atoms with E-state index >= 15 is 0 Å². The molecule has 1 heterocycles. The van der Waals surface area contributed by atoms with E-state index in [0.717, 1.165) is 43.0 Å². The second-order valence-corrected chi connectivity index (χ2v) is 6.08. The minimum atomic E-state index is -0.455. The van der Waals surface area contributed by atoms with E-state index in [2.05, 4.69) is 17.6 Å². The van der Waals surface area contributed by atoms with Crippen LogP contribution in [0.15, 0.2) is 18.2 Å². The lowest BCUT2D eigenvalue weighted by Crippen LogP contribution is -2.54. The van der Waals surface area contributed by atoms with Gasteiger partial charge in [0.2, 0.25) is 5.91 Å². The van der Waals surface area contributed by atoms with Crippen molar-refractivity contribution in [2.24, 2.45) is 5.92 Å². The van der Waals surface area contributed by atoms with Crippen LogP contribution in [0.5, 0.6) is 0 Å². The molecule has 0 bridgehead atoms. The van der Waals surface area contributed by atoms with Crippen LogP contribution in [0.25, 0.3) is 0 Å². The summed E-state index contributed by atoms with van der Waals surface area (Å²) in [7, 11) is 0. The number of benzene rings is 1. The summed E-state index contributed by atoms with van der Waals surface area (Å²) in [6.45, 7) is 2.23. The van der Waals surface area contributed by atoms with Crippen LogP contribution in [0, 0.1) is 5.92 Å². The number of anilines is 2. The molecule has 102 valence electrons. The summed E-state index contributed by atoms with van der Waals surface area (Å²) in [5.41, 5.74) is 1.21. The number of fused-ring (bicyclic) bond motifs is 1. The average Bonchev–Trinajstić information content (AvgIpc) is 2.42. The standard InChI is InChI=1S/C15H19ClN2O/c1-2-10-6-8-15(9-7-10)14(19)17-12-5-3-4-11(16)13(12)18-15/h3-5,10,18H,2,6-9H2,1H3,(H,17,19). The zero-order valence-corrected chi connectivity index (χ0v) is 11.9. The first kappa shape index (κ1) is 12.8. The maximum atomic E-state index is 12.4. The average molecular weight is 279 g/mol. The molecule has 1 amide bonds. The molecule has 0 unspecified atom stereocenters. The second-order valence-electron chi connectivity index (χ2n) is 5.68. The summed E-state index contributed by atoms with van der Waals surface area (Å²) in [6, 6.07) is 5.60. The number of halogens is 1. The molecule has 0 saturated heterocycles. The first-order valence-corrected chi connectivity index (χ1v) is 7.40. The Balaban J connectivity index is 1.89. The van der Waals surface area contributed by atoms with Crippen molar-refractivity contribution in [1.82, 2.24) is 0 Å². The number of para-hydroxylation sites is 1. The maximum absolute atomic E-state index is 12.4. The quantitative estimate of drug-likeness (QED) is 0.814. The lowest BCUT2D eigenvalue weighted by Gasteiger charge is -2.43. The number of rotatable bonds is 1. The van der Waals surface area contributed by atoms with Gasteiger partial charge in [-0.15, -0.1) is 0 Å². The van der Waals surface area contributed by atoms with Crippen molar-refractivity contribution >= 4 is 28.9 Å². The van der Waals surface area contributed by atoms with Crippen molar-refractivity contribution in [2.45, 2.75) is 44.6 Å². The minimum absolute atomic E-state index is 0.0943. The summed E-state index contributed by atoms with van der Waals surface area (Å²) in [5.74, 6) is 0.852. The van der Waals surface area contributed by atoms with Gasteiger partial charge in [-0.05, 0) is 43.7 Å². The number of nitrogens with one attached hydrogen (secondary N) is 2. The molecular formula is C15H19ClN2O. The lowest BCUT2D eigenvalue weighted by atomic mass is 9.74. The summed E-state index contributed by atoms with van der Waals surface area (Å²) < 4.78 is 0. The van der Waals surface area contributed by atoms with Gasteiger partial charge < -0.3 is 10.6 Å². The van der Waals surface area contributed by atoms with E-state index in [1.54, 1.807) is 0 Å². The molecule has 3 nitrogen and oxygen atoms in total. The fourth-order valence-corrected chi connectivity index (χ4v) is 3.45. The lowest BCUT2D eigenvalue weighted by molar-refractivity contribution is -0.121. The zero-order chi connectivity index (χ0) is 13.5. The molecule has 4 heteroatoms. The normalized spacial score (nSPS) is 29.6. The SMILES string of the molecule is CCC1CCC2(CC1)Nc1c(Cl)cccc1NC2=O. The molecule has 1 aromatic carbocycles. The van der Waals surface area contributed by atoms with Crippen molar-refractivity contribution in [1.29, 1.82) is 0 Å². The molecule has 1 aromatic rings. The van der Waals surface area contributed by atoms with Crippen molar-refractivity contribution in [3.8, 4) is 0 Å². The Morgan fingerprint density at radius 3 is 2.79 bits per heavy atom. The molecule has 1 aliphatic heterocycles. The van der Waals surface area contributed by atoms with Crippen molar-refractivity contribution in [2.75, 3.05) is 10.6 Å². The third-order valence-electron chi connectivity index (χ3n) is 4.60. The fourth-order valence-electron chi connectivity index (χ4n) is 3.22. The van der Waals surface area contributed by atoms with Crippen molar-refractivity contribution in [3.63, 3.8) is 0 Å². The number of hydrogen-bond donors (Lipinski definition) is 2. The highest BCUT2D eigenvalue weighted by molar-refractivity contribution is 6.34. The molecule has 2 aliphatic rings. The van der Waals surface area contributed by atoms with Gasteiger partial charge in [0.1, 0.15) is 5.54 Å². The predicted octanol–water partition coefficient (Wildman–Crippen LogP) is 4.04. The van der Waals surface area contributed by atoms with Gasteiger partial charge in [-0.2, -0.15) is 0 Å². The van der Waals surface area contributed by atoms with Crippen LogP contribution in [0.1, 0.15) is 39.0 Å². The Morgan fingerprint density at radius 2 is 2.11 bits per heavy atom. The van der Waals surface area contributed by atoms with Crippen LogP contribution in [0.2, 0.25) is 5.02 Å². The van der Waals surface area contributed by atoms with Crippen molar-refractivity contribution in [3.05, 3.63) is 23.2 Å². The number of carbonyl (C=O) groups excluding carboxylic acids is 1. The highest BCUT2D eigenvalue weighted by Crippen LogP contribution is 2.43. The van der Waals surface area contributed by atoms with Gasteiger partial charge in [0.25, 0.3) is 0 Å². The molecule has 1 aliphatic carbocycles. The first-order valence-electron chi connectivity index (χ1n) is 7.03. The van der Waals surface area contributed by atoms with Crippen LogP contribution >= 0.6 is 11.6 Å². The van der Waals surface area contributed by atoms with E-state index in [-0.39, 0.29) is 5.91 Å². The highest BCUT2D eigenvalue weighted by atomic mass is 35.5. The molecule has 0 radical (unpaired) electrons. The number of hydrogen-bond acceptors (Lipinski definition) is 2. The molecular weight excluding hydrogens is 260 g/mol. The monoisotopic (exact) mass is 278 g/mol. The van der Waals surface area contributed by atoms with E-state index < -0.39 is 5.54 Å². The maximum Gasteiger partial charge on any atom is 0.250 e. The third-order valence-corrected chi connectivity index (χ3v) is 4.91. The van der Waals surface area contributed by atoms with E-state index in [1.807, 2.05) is 18.2 Å². The van der Waals surface area contributed by atoms with Crippen LogP contribution in [0.4, 0.5) is 11.4 Å². The van der Waals surface area contributed by atoms with Crippen LogP contribution < -0.4 is 10.6 Å². The van der Waals surface area contributed by atoms with Gasteiger partial charge in [-0.1, -0.05) is 31.0 Å². The van der Waals surface area contributed by atoms with Crippen molar-refractivity contribution < 1.29 is 4.79 Å². The Labute approximate surface area is 118 Å². The Bertz CT molecular complexity index is 507. The first-order chi connectivity index (χ1) is 9.14. The molecule has 1 spiro atoms. The topological polar surface area (TPSA) is 41.1 Å². The van der Waals surface area contributed by atoms with Gasteiger partial charge in [0.05, 0.1) is 16.4 Å². The molecule has 3 rings (SSSR count). The van der Waals surface area contributed by atoms with E-state index in [9.17, 15) is 4.79 Å². The summed E-state index contributed by atoms with van der Waals surface area (Å²) in [6.07, 6.45) is 5.20. The van der Waals surface area contributed by atoms with E-state index in [0.29, 0.717) is 5.02 Å². The largest absolute Gasteiger partial charge is 0.368 e. The van der Waals surface area contributed by atoms with Gasteiger partial charge in [-0.3, -0.25) is 4.79 Å². The van der Waals surface area contributed by atoms with Gasteiger partial charge >= 0.3 is 0 Å². The van der Waals surface area contributed by atoms with E-state index in [1.165, 1.54) is 6.42 Å². The van der Waals surface area contributed by atoms with E-state index in [4.69, 9.17) is 11.6 Å². The van der Waals surface area contributed by atoms with Crippen LogP contribution in [-0.2, 0) is 4.79 Å². The molecule has 0 aromatic heterocycles. The van der Waals surface area contributed by atoms with Crippen LogP contribution in [0.3, 0.4) is 0 Å². The minimum Gasteiger partial charge on any atom is -0.368 e. The van der Waals surface area contributed by atoms with Crippen LogP contribution in [-0.4, -0.2) is 11.4 Å². The molecule has 1 fully saturated rings. The zero-order valence-electron chi connectivity index (χ0n) is 11.1. The molecule has 19 heavy (non-hydrogen) atoms. The summed E-state index contributed by atoms with van der Waals surface area (Å²) in [4.78, 5) is 12.4. The smallest absolute Gasteiger partial charge is 0.250 e. The molecule has 1 saturated carbocycles. The highest BCUT2D eigenvalue weighted by Gasteiger charge is 2.44. The Hall–Kier alpha value is -1.22. The van der Waals surface area contributed by atoms with Gasteiger partial charge in [0.15, 0.2) is 0 Å². The molecule has 0 atom stereocenters. The Kier molecular flexibility index (Phi) is 3.17. The second kappa shape index (κ2) is 4.71.